The lowest BCUT2D eigenvalue weighted by Crippen LogP contribution is -2.60. The number of fused-ring (bicyclic) bond motifs is 1. The van der Waals surface area contributed by atoms with Gasteiger partial charge >= 0.3 is 0 Å². The lowest BCUT2D eigenvalue weighted by Gasteiger charge is -2.48. The molecule has 1 spiro atoms. The number of benzene rings is 2. The highest BCUT2D eigenvalue weighted by Crippen LogP contribution is 2.49. The van der Waals surface area contributed by atoms with Crippen LogP contribution < -0.4 is 14.4 Å². The van der Waals surface area contributed by atoms with Crippen LogP contribution in [0.3, 0.4) is 0 Å². The second-order valence-electron chi connectivity index (χ2n) is 15.3. The van der Waals surface area contributed by atoms with Gasteiger partial charge in [0.1, 0.15) is 24.2 Å². The van der Waals surface area contributed by atoms with Crippen molar-refractivity contribution in [1.29, 1.82) is 0 Å². The zero-order valence-electron chi connectivity index (χ0n) is 30.9. The Morgan fingerprint density at radius 3 is 2.64 bits per heavy atom. The Labute approximate surface area is 317 Å². The molecule has 1 N–H and O–H groups in total. The summed E-state index contributed by atoms with van der Waals surface area (Å²) < 4.78 is 58.5. The van der Waals surface area contributed by atoms with Gasteiger partial charge in [0, 0.05) is 70.1 Å². The number of nitrogens with zero attached hydrogens (tertiary/aromatic N) is 4. The Kier molecular flexibility index (Phi) is 11.1. The summed E-state index contributed by atoms with van der Waals surface area (Å²) in [5.74, 6) is -1.62. The van der Waals surface area contributed by atoms with Crippen molar-refractivity contribution >= 4 is 39.1 Å². The number of carbonyl (C=O) groups excluding carboxylic acids is 2. The fourth-order valence-electron chi connectivity index (χ4n) is 8.89. The third-order valence-electron chi connectivity index (χ3n) is 12.2. The lowest BCUT2D eigenvalue weighted by atomic mass is 9.79. The number of nitrogens with one attached hydrogen (secondary N) is 1. The molecule has 7 rings (SSSR count). The molecule has 0 radical (unpaired) electrons. The van der Waals surface area contributed by atoms with Crippen LogP contribution in [-0.4, -0.2) is 112 Å². The van der Waals surface area contributed by atoms with Crippen LogP contribution >= 0.6 is 11.6 Å². The number of methoxy groups -OCH3 is 1. The van der Waals surface area contributed by atoms with Gasteiger partial charge in [-0.25, -0.2) is 17.5 Å². The van der Waals surface area contributed by atoms with E-state index in [0.717, 1.165) is 48.9 Å². The van der Waals surface area contributed by atoms with Gasteiger partial charge in [0.2, 0.25) is 15.9 Å². The zero-order valence-corrected chi connectivity index (χ0v) is 32.5. The average Bonchev–Trinajstić information content (AvgIpc) is 3.56. The Bertz CT molecular complexity index is 1870. The van der Waals surface area contributed by atoms with E-state index in [2.05, 4.69) is 19.4 Å². The van der Waals surface area contributed by atoms with Gasteiger partial charge in [-0.2, -0.15) is 0 Å². The monoisotopic (exact) mass is 771 g/mol. The molecule has 2 saturated heterocycles. The molecule has 4 atom stereocenters. The van der Waals surface area contributed by atoms with Gasteiger partial charge in [-0.05, 0) is 98.4 Å². The minimum absolute atomic E-state index is 0.0584. The molecule has 5 aliphatic rings. The van der Waals surface area contributed by atoms with Crippen molar-refractivity contribution in [1.82, 2.24) is 19.4 Å². The standard InChI is InChI=1S/C39H51ClFN5O6S/c1-26-8-10-33(41)36(38(48)44-17-15-43(16-18-44)19-20-51-3)46-14-6-12-39(46)25-45-13-5-4-7-28-21-30(40)23-32(39)31(28)24-52-35-11-9-29(22-34(35)45)37(47)42-53(49,50)27(26)2/h9-11,21-23,26-27,36H,4-8,12-20,24-25H2,1-3H3,(H,42,47)/b33-10-/t26-,27+,36+,39-/m0/s1. The van der Waals surface area contributed by atoms with Gasteiger partial charge in [-0.3, -0.25) is 19.4 Å². The number of aryl methyl sites for hydroxylation is 1. The second-order valence-corrected chi connectivity index (χ2v) is 17.8. The number of rotatable bonds is 4. The van der Waals surface area contributed by atoms with E-state index in [1.54, 1.807) is 37.1 Å². The van der Waals surface area contributed by atoms with E-state index in [1.165, 1.54) is 13.0 Å². The summed E-state index contributed by atoms with van der Waals surface area (Å²) in [6.45, 7) is 8.50. The molecule has 2 amide bonds. The number of sulfonamides is 1. The summed E-state index contributed by atoms with van der Waals surface area (Å²) in [6, 6.07) is 7.80. The summed E-state index contributed by atoms with van der Waals surface area (Å²) in [4.78, 5) is 36.8. The van der Waals surface area contributed by atoms with Crippen molar-refractivity contribution in [3.8, 4) is 5.75 Å². The fraction of sp³-hybridized carbons (Fsp3) is 0.590. The molecular weight excluding hydrogens is 721 g/mol. The first-order valence-corrected chi connectivity index (χ1v) is 20.9. The lowest BCUT2D eigenvalue weighted by molar-refractivity contribution is -0.140. The van der Waals surface area contributed by atoms with Crippen LogP contribution in [-0.2, 0) is 38.1 Å². The SMILES string of the molecule is COCCN1CCN(C(=O)[C@H]2/C(F)=C/C[C@H](C)[C@@H](C)S(=O)(=O)NC(=O)c3ccc4c(c3)N3CCCCc5cc(Cl)cc(c5CO4)[C@]4(CCCN24)C3)CC1. The van der Waals surface area contributed by atoms with Crippen LogP contribution in [0.15, 0.2) is 42.2 Å². The molecule has 2 aromatic carbocycles. The van der Waals surface area contributed by atoms with E-state index < -0.39 is 44.5 Å². The Hall–Kier alpha value is -3.23. The van der Waals surface area contributed by atoms with Crippen LogP contribution in [0.2, 0.25) is 5.02 Å². The van der Waals surface area contributed by atoms with Crippen LogP contribution in [0, 0.1) is 5.92 Å². The maximum Gasteiger partial charge on any atom is 0.264 e. The second kappa shape index (κ2) is 15.5. The molecule has 2 aromatic rings. The number of ether oxygens (including phenoxy) is 2. The van der Waals surface area contributed by atoms with Crippen molar-refractivity contribution in [3.63, 3.8) is 0 Å². The molecule has 0 aromatic heterocycles. The molecule has 0 aliphatic carbocycles. The van der Waals surface area contributed by atoms with Crippen molar-refractivity contribution < 1.29 is 31.9 Å². The normalized spacial score (nSPS) is 29.1. The quantitative estimate of drug-likeness (QED) is 0.466. The highest BCUT2D eigenvalue weighted by atomic mass is 35.5. The number of carbonyl (C=O) groups is 2. The molecule has 5 aliphatic heterocycles. The fourth-order valence-corrected chi connectivity index (χ4v) is 10.4. The zero-order chi connectivity index (χ0) is 37.5. The van der Waals surface area contributed by atoms with E-state index in [9.17, 15) is 18.0 Å². The summed E-state index contributed by atoms with van der Waals surface area (Å²) in [5, 5.41) is -0.431. The number of halogens is 2. The Balaban J connectivity index is 1.42. The Morgan fingerprint density at radius 1 is 1.08 bits per heavy atom. The van der Waals surface area contributed by atoms with Crippen LogP contribution in [0.5, 0.6) is 5.75 Å². The number of allylic oxidation sites excluding steroid dienone is 1. The highest BCUT2D eigenvalue weighted by molar-refractivity contribution is 7.90. The molecule has 5 heterocycles. The van der Waals surface area contributed by atoms with Crippen molar-refractivity contribution in [2.24, 2.45) is 5.92 Å². The number of hydrogen-bond donors (Lipinski definition) is 1. The van der Waals surface area contributed by atoms with Crippen molar-refractivity contribution in [2.45, 2.75) is 75.8 Å². The summed E-state index contributed by atoms with van der Waals surface area (Å²) in [5.41, 5.74) is 3.02. The maximum absolute atomic E-state index is 17.3. The largest absolute Gasteiger partial charge is 0.487 e. The smallest absolute Gasteiger partial charge is 0.264 e. The molecule has 2 fully saturated rings. The first-order chi connectivity index (χ1) is 25.4. The third kappa shape index (κ3) is 7.44. The van der Waals surface area contributed by atoms with Gasteiger partial charge in [0.25, 0.3) is 5.91 Å². The minimum Gasteiger partial charge on any atom is -0.487 e. The van der Waals surface area contributed by atoms with E-state index in [-0.39, 0.29) is 24.5 Å². The molecule has 288 valence electrons. The molecule has 7 bridgehead atoms. The number of amides is 2. The van der Waals surface area contributed by atoms with Gasteiger partial charge in [0.05, 0.1) is 23.1 Å². The van der Waals surface area contributed by atoms with E-state index in [4.69, 9.17) is 21.1 Å². The molecule has 14 heteroatoms. The van der Waals surface area contributed by atoms with Gasteiger partial charge in [-0.1, -0.05) is 24.6 Å². The first kappa shape index (κ1) is 38.1. The predicted octanol–water partition coefficient (Wildman–Crippen LogP) is 4.87. The summed E-state index contributed by atoms with van der Waals surface area (Å²) in [7, 11) is -2.46. The van der Waals surface area contributed by atoms with Crippen molar-refractivity contribution in [2.75, 3.05) is 71.0 Å². The topological polar surface area (TPSA) is 112 Å². The van der Waals surface area contributed by atoms with Crippen molar-refractivity contribution in [3.05, 3.63) is 69.5 Å². The maximum atomic E-state index is 17.3. The molecule has 0 unspecified atom stereocenters. The van der Waals surface area contributed by atoms with Crippen LogP contribution in [0.4, 0.5) is 10.1 Å². The predicted molar refractivity (Wildman–Crippen MR) is 202 cm³/mol. The average molecular weight is 772 g/mol. The number of hydrogen-bond acceptors (Lipinski definition) is 9. The molecule has 11 nitrogen and oxygen atoms in total. The van der Waals surface area contributed by atoms with Crippen LogP contribution in [0.25, 0.3) is 0 Å². The van der Waals surface area contributed by atoms with Gasteiger partial charge in [-0.15, -0.1) is 0 Å². The molecule has 53 heavy (non-hydrogen) atoms. The van der Waals surface area contributed by atoms with E-state index >= 15 is 4.39 Å². The van der Waals surface area contributed by atoms with E-state index in [0.29, 0.717) is 75.3 Å². The van der Waals surface area contributed by atoms with Gasteiger partial charge < -0.3 is 19.3 Å². The Morgan fingerprint density at radius 2 is 1.87 bits per heavy atom. The van der Waals surface area contributed by atoms with Crippen LogP contribution in [0.1, 0.15) is 73.0 Å². The molecule has 0 saturated carbocycles. The first-order valence-electron chi connectivity index (χ1n) is 18.9. The summed E-state index contributed by atoms with van der Waals surface area (Å²) >= 11 is 6.94. The number of piperazine rings is 1. The molecular formula is C39H51ClFN5O6S. The van der Waals surface area contributed by atoms with E-state index in [1.807, 2.05) is 12.1 Å². The third-order valence-corrected chi connectivity index (χ3v) is 14.3. The van der Waals surface area contributed by atoms with Gasteiger partial charge in [0.15, 0.2) is 0 Å². The summed E-state index contributed by atoms with van der Waals surface area (Å²) in [6.07, 6.45) is 5.32. The number of anilines is 1. The minimum atomic E-state index is -4.14. The highest BCUT2D eigenvalue weighted by Gasteiger charge is 2.52.